The molecule has 0 fully saturated rings. The van der Waals surface area contributed by atoms with Crippen molar-refractivity contribution in [2.75, 3.05) is 19.5 Å². The molecule has 238 valence electrons. The third-order valence-corrected chi connectivity index (χ3v) is 9.60. The van der Waals surface area contributed by atoms with Crippen LogP contribution in [0.15, 0.2) is 121 Å². The summed E-state index contributed by atoms with van der Waals surface area (Å²) in [6.45, 7) is 2.13. The van der Waals surface area contributed by atoms with Crippen LogP contribution in [0.4, 0.5) is 5.69 Å². The highest BCUT2D eigenvalue weighted by atomic mass is 79.9. The summed E-state index contributed by atoms with van der Waals surface area (Å²) in [7, 11) is 3.10. The highest BCUT2D eigenvalue weighted by Crippen LogP contribution is 2.37. The molecule has 11 heteroatoms. The molecule has 0 saturated carbocycles. The zero-order valence-corrected chi connectivity index (χ0v) is 29.6. The molecule has 47 heavy (non-hydrogen) atoms. The number of methoxy groups -OCH3 is 2. The zero-order valence-electron chi connectivity index (χ0n) is 25.6. The van der Waals surface area contributed by atoms with Crippen molar-refractivity contribution < 1.29 is 19.0 Å². The van der Waals surface area contributed by atoms with E-state index in [-0.39, 0.29) is 11.5 Å². The molecule has 0 aliphatic carbocycles. The molecule has 1 aliphatic heterocycles. The molecule has 4 aromatic carbocycles. The molecule has 0 radical (unpaired) electrons. The summed E-state index contributed by atoms with van der Waals surface area (Å²) in [5.74, 6) is 1.24. The number of nitrogens with zero attached hydrogens (tertiary/aromatic N) is 2. The van der Waals surface area contributed by atoms with E-state index in [0.29, 0.717) is 61.3 Å². The lowest BCUT2D eigenvalue weighted by atomic mass is 9.94. The van der Waals surface area contributed by atoms with E-state index >= 15 is 0 Å². The van der Waals surface area contributed by atoms with E-state index in [1.807, 2.05) is 78.9 Å². The summed E-state index contributed by atoms with van der Waals surface area (Å²) in [5.41, 5.74) is 3.56. The SMILES string of the molecule is COc1ccc([C@H]2C(C(=O)Nc3ccccc3)=C(C)N=c3s/c(=C\c4cc(Br)cc(Br)c4OCc4ccccc4)c(=O)n32)cc1OC. The normalized spacial score (nSPS) is 14.3. The second-order valence-corrected chi connectivity index (χ2v) is 13.4. The van der Waals surface area contributed by atoms with Gasteiger partial charge in [0.15, 0.2) is 16.3 Å². The van der Waals surface area contributed by atoms with Crippen LogP contribution in [-0.4, -0.2) is 24.7 Å². The predicted molar refractivity (Wildman–Crippen MR) is 191 cm³/mol. The van der Waals surface area contributed by atoms with Crippen LogP contribution in [0.25, 0.3) is 6.08 Å². The van der Waals surface area contributed by atoms with E-state index < -0.39 is 6.04 Å². The molecule has 1 amide bonds. The summed E-state index contributed by atoms with van der Waals surface area (Å²) in [5, 5.41) is 2.98. The fourth-order valence-electron chi connectivity index (χ4n) is 5.38. The summed E-state index contributed by atoms with van der Waals surface area (Å²) >= 11 is 8.47. The topological polar surface area (TPSA) is 91.2 Å². The molecule has 8 nitrogen and oxygen atoms in total. The highest BCUT2D eigenvalue weighted by Gasteiger charge is 2.33. The van der Waals surface area contributed by atoms with Crippen molar-refractivity contribution in [2.24, 2.45) is 4.99 Å². The van der Waals surface area contributed by atoms with Gasteiger partial charge in [-0.2, -0.15) is 0 Å². The number of carbonyl (C=O) groups is 1. The van der Waals surface area contributed by atoms with Crippen LogP contribution in [0.3, 0.4) is 0 Å². The van der Waals surface area contributed by atoms with Crippen molar-refractivity contribution in [3.63, 3.8) is 0 Å². The molecule has 1 atom stereocenters. The number of aromatic nitrogens is 1. The van der Waals surface area contributed by atoms with E-state index in [1.165, 1.54) is 11.3 Å². The van der Waals surface area contributed by atoms with Crippen LogP contribution in [-0.2, 0) is 11.4 Å². The second-order valence-electron chi connectivity index (χ2n) is 10.6. The van der Waals surface area contributed by atoms with Crippen LogP contribution >= 0.6 is 43.2 Å². The summed E-state index contributed by atoms with van der Waals surface area (Å²) in [4.78, 5) is 33.6. The molecule has 5 aromatic rings. The van der Waals surface area contributed by atoms with Gasteiger partial charge in [-0.25, -0.2) is 4.99 Å². The van der Waals surface area contributed by atoms with E-state index in [9.17, 15) is 9.59 Å². The van der Waals surface area contributed by atoms with Crippen molar-refractivity contribution in [2.45, 2.75) is 19.6 Å². The van der Waals surface area contributed by atoms with Gasteiger partial charge >= 0.3 is 0 Å². The Morgan fingerprint density at radius 2 is 1.66 bits per heavy atom. The standard InChI is InChI=1S/C36H29Br2N3O5S/c1-21-31(34(42)40-26-12-8-5-9-13-26)32(23-14-15-28(44-2)29(17-23)45-3)41-35(43)30(47-36(41)39-21)18-24-16-25(37)19-27(38)33(24)46-20-22-10-6-4-7-11-22/h4-19,32H,20H2,1-3H3,(H,40,42)/b30-18-/t32-/m0/s1. The van der Waals surface area contributed by atoms with Gasteiger partial charge in [0.1, 0.15) is 12.4 Å². The first kappa shape index (κ1) is 32.5. The van der Waals surface area contributed by atoms with Crippen LogP contribution in [0.5, 0.6) is 17.2 Å². The molecule has 6 rings (SSSR count). The van der Waals surface area contributed by atoms with Gasteiger partial charge in [-0.05, 0) is 76.5 Å². The van der Waals surface area contributed by atoms with E-state index in [1.54, 1.807) is 43.9 Å². The fraction of sp³-hybridized carbons (Fsp3) is 0.139. The number of fused-ring (bicyclic) bond motifs is 1. The third kappa shape index (κ3) is 6.83. The number of halogens is 2. The van der Waals surface area contributed by atoms with Gasteiger partial charge in [0.05, 0.1) is 40.5 Å². The van der Waals surface area contributed by atoms with Crippen molar-refractivity contribution in [3.05, 3.63) is 148 Å². The molecule has 0 unspecified atom stereocenters. The van der Waals surface area contributed by atoms with Gasteiger partial charge in [0.2, 0.25) is 0 Å². The monoisotopic (exact) mass is 773 g/mol. The predicted octanol–water partition coefficient (Wildman–Crippen LogP) is 7.00. The van der Waals surface area contributed by atoms with Crippen molar-refractivity contribution in [3.8, 4) is 17.2 Å². The Morgan fingerprint density at radius 1 is 0.957 bits per heavy atom. The Bertz CT molecular complexity index is 2180. The van der Waals surface area contributed by atoms with Crippen LogP contribution in [0, 0.1) is 0 Å². The molecule has 2 heterocycles. The van der Waals surface area contributed by atoms with Gasteiger partial charge in [0, 0.05) is 15.7 Å². The minimum absolute atomic E-state index is 0.295. The average Bonchev–Trinajstić information content (AvgIpc) is 3.37. The van der Waals surface area contributed by atoms with Crippen molar-refractivity contribution >= 4 is 60.9 Å². The molecular weight excluding hydrogens is 746 g/mol. The third-order valence-electron chi connectivity index (χ3n) is 7.57. The number of thiazole rings is 1. The first-order valence-electron chi connectivity index (χ1n) is 14.5. The number of para-hydroxylation sites is 1. The zero-order chi connectivity index (χ0) is 33.1. The molecule has 0 bridgehead atoms. The second kappa shape index (κ2) is 14.1. The first-order chi connectivity index (χ1) is 22.8. The summed E-state index contributed by atoms with van der Waals surface area (Å²) in [6, 6.07) is 27.4. The molecule has 1 aliphatic rings. The van der Waals surface area contributed by atoms with Crippen molar-refractivity contribution in [1.29, 1.82) is 0 Å². The largest absolute Gasteiger partial charge is 0.493 e. The van der Waals surface area contributed by atoms with E-state index in [4.69, 9.17) is 19.2 Å². The van der Waals surface area contributed by atoms with Crippen LogP contribution in [0.2, 0.25) is 0 Å². The van der Waals surface area contributed by atoms with Crippen LogP contribution < -0.4 is 34.4 Å². The summed E-state index contributed by atoms with van der Waals surface area (Å²) < 4.78 is 20.9. The van der Waals surface area contributed by atoms with Gasteiger partial charge in [-0.3, -0.25) is 14.2 Å². The number of rotatable bonds is 9. The fourth-order valence-corrected chi connectivity index (χ4v) is 7.79. The number of ether oxygens (including phenoxy) is 3. The molecule has 0 saturated heterocycles. The number of anilines is 1. The number of hydrogen-bond donors (Lipinski definition) is 1. The maximum Gasteiger partial charge on any atom is 0.271 e. The molecular formula is C36H29Br2N3O5S. The van der Waals surface area contributed by atoms with E-state index in [2.05, 4.69) is 37.2 Å². The van der Waals surface area contributed by atoms with Gasteiger partial charge in [-0.15, -0.1) is 0 Å². The number of nitrogens with one attached hydrogen (secondary N) is 1. The Labute approximate surface area is 291 Å². The number of carbonyl (C=O) groups excluding carboxylic acids is 1. The Morgan fingerprint density at radius 3 is 2.36 bits per heavy atom. The lowest BCUT2D eigenvalue weighted by molar-refractivity contribution is -0.113. The minimum Gasteiger partial charge on any atom is -0.493 e. The first-order valence-corrected chi connectivity index (χ1v) is 16.9. The summed E-state index contributed by atoms with van der Waals surface area (Å²) in [6.07, 6.45) is 1.80. The lowest BCUT2D eigenvalue weighted by Crippen LogP contribution is -2.40. The lowest BCUT2D eigenvalue weighted by Gasteiger charge is -2.26. The molecule has 0 spiro atoms. The maximum atomic E-state index is 14.4. The number of benzene rings is 4. The number of hydrogen-bond acceptors (Lipinski definition) is 7. The van der Waals surface area contributed by atoms with Crippen molar-refractivity contribution in [1.82, 2.24) is 4.57 Å². The Hall–Kier alpha value is -4.45. The Balaban J connectivity index is 1.50. The highest BCUT2D eigenvalue weighted by molar-refractivity contribution is 9.11. The van der Waals surface area contributed by atoms with Gasteiger partial charge < -0.3 is 19.5 Å². The van der Waals surface area contributed by atoms with Gasteiger partial charge in [-0.1, -0.05) is 81.9 Å². The quantitative estimate of drug-likeness (QED) is 0.174. The number of amides is 1. The smallest absolute Gasteiger partial charge is 0.271 e. The average molecular weight is 776 g/mol. The van der Waals surface area contributed by atoms with Gasteiger partial charge in [0.25, 0.3) is 11.5 Å². The molecule has 1 N–H and O–H groups in total. The van der Waals surface area contributed by atoms with Crippen LogP contribution in [0.1, 0.15) is 29.7 Å². The number of allylic oxidation sites excluding steroid dienone is 1. The van der Waals surface area contributed by atoms with E-state index in [0.717, 1.165) is 14.5 Å². The maximum absolute atomic E-state index is 14.4. The Kier molecular flexibility index (Phi) is 9.76. The minimum atomic E-state index is -0.792. The molecule has 1 aromatic heterocycles.